The van der Waals surface area contributed by atoms with Gasteiger partial charge in [0.05, 0.1) is 17.6 Å². The van der Waals surface area contributed by atoms with Gasteiger partial charge in [0.1, 0.15) is 11.6 Å². The lowest BCUT2D eigenvalue weighted by molar-refractivity contribution is 0.454. The highest BCUT2D eigenvalue weighted by molar-refractivity contribution is 5.40. The van der Waals surface area contributed by atoms with Crippen LogP contribution in [0, 0.1) is 18.6 Å². The summed E-state index contributed by atoms with van der Waals surface area (Å²) in [6.07, 6.45) is 8.35. The van der Waals surface area contributed by atoms with Crippen LogP contribution in [0.2, 0.25) is 0 Å². The van der Waals surface area contributed by atoms with Crippen molar-refractivity contribution in [2.75, 3.05) is 0 Å². The molecule has 0 radical (unpaired) electrons. The van der Waals surface area contributed by atoms with Crippen LogP contribution in [0.4, 0.5) is 8.78 Å². The predicted molar refractivity (Wildman–Crippen MR) is 114 cm³/mol. The number of aryl methyl sites for hydroxylation is 1. The average Bonchev–Trinajstić information content (AvgIpc) is 3.42. The Labute approximate surface area is 179 Å². The molecule has 2 aromatic heterocycles. The van der Waals surface area contributed by atoms with E-state index in [0.717, 1.165) is 48.8 Å². The van der Waals surface area contributed by atoms with Crippen LogP contribution in [0.15, 0.2) is 61.1 Å². The first-order valence-corrected chi connectivity index (χ1v) is 10.4. The second-order valence-corrected chi connectivity index (χ2v) is 7.97. The van der Waals surface area contributed by atoms with Crippen LogP contribution < -0.4 is 5.32 Å². The molecule has 31 heavy (non-hydrogen) atoms. The molecule has 0 aliphatic heterocycles. The summed E-state index contributed by atoms with van der Waals surface area (Å²) in [5, 5.41) is 12.4. The van der Waals surface area contributed by atoms with Gasteiger partial charge in [-0.2, -0.15) is 10.2 Å². The molecule has 0 bridgehead atoms. The summed E-state index contributed by atoms with van der Waals surface area (Å²) in [6, 6.07) is 11.9. The molecule has 1 aliphatic rings. The smallest absolute Gasteiger partial charge is 0.128 e. The molecule has 1 atom stereocenters. The lowest BCUT2D eigenvalue weighted by Crippen LogP contribution is -2.25. The van der Waals surface area contributed by atoms with Crippen LogP contribution in [0.5, 0.6) is 0 Å². The molecule has 5 rings (SSSR count). The highest BCUT2D eigenvalue weighted by atomic mass is 19.1. The van der Waals surface area contributed by atoms with Gasteiger partial charge >= 0.3 is 0 Å². The van der Waals surface area contributed by atoms with E-state index >= 15 is 0 Å². The zero-order chi connectivity index (χ0) is 21.4. The summed E-state index contributed by atoms with van der Waals surface area (Å²) in [5.74, 6) is -1.20. The predicted octanol–water partition coefficient (Wildman–Crippen LogP) is 4.81. The van der Waals surface area contributed by atoms with Gasteiger partial charge in [0.25, 0.3) is 0 Å². The van der Waals surface area contributed by atoms with Crippen molar-refractivity contribution in [3.8, 4) is 11.4 Å². The fraction of sp³-hybridized carbons (Fsp3) is 0.250. The van der Waals surface area contributed by atoms with E-state index in [1.807, 2.05) is 23.1 Å². The Balaban J connectivity index is 1.35. The minimum Gasteiger partial charge on any atom is -0.306 e. The van der Waals surface area contributed by atoms with E-state index in [9.17, 15) is 8.78 Å². The van der Waals surface area contributed by atoms with Gasteiger partial charge < -0.3 is 5.32 Å². The second kappa shape index (κ2) is 8.07. The third kappa shape index (κ3) is 3.88. The second-order valence-electron chi connectivity index (χ2n) is 7.97. The van der Waals surface area contributed by atoms with E-state index in [4.69, 9.17) is 0 Å². The first-order valence-electron chi connectivity index (χ1n) is 10.4. The van der Waals surface area contributed by atoms with Gasteiger partial charge in [-0.3, -0.25) is 0 Å². The first-order chi connectivity index (χ1) is 15.1. The molecule has 0 spiro atoms. The van der Waals surface area contributed by atoms with Gasteiger partial charge in [-0.15, -0.1) is 0 Å². The third-order valence-corrected chi connectivity index (χ3v) is 5.91. The molecule has 5 nitrogen and oxygen atoms in total. The lowest BCUT2D eigenvalue weighted by atomic mass is 9.92. The Morgan fingerprint density at radius 2 is 1.90 bits per heavy atom. The first kappa shape index (κ1) is 19.6. The average molecular weight is 419 g/mol. The monoisotopic (exact) mass is 419 g/mol. The van der Waals surface area contributed by atoms with Crippen molar-refractivity contribution in [2.45, 2.75) is 38.8 Å². The molecule has 0 fully saturated rings. The van der Waals surface area contributed by atoms with Crippen molar-refractivity contribution in [1.82, 2.24) is 24.9 Å². The number of hydrogen-bond acceptors (Lipinski definition) is 3. The molecule has 1 N–H and O–H groups in total. The topological polar surface area (TPSA) is 47.7 Å². The molecule has 0 amide bonds. The van der Waals surface area contributed by atoms with Gasteiger partial charge in [-0.25, -0.2) is 18.1 Å². The van der Waals surface area contributed by atoms with Crippen LogP contribution in [0.25, 0.3) is 11.4 Å². The Kier molecular flexibility index (Phi) is 5.11. The van der Waals surface area contributed by atoms with Crippen LogP contribution in [0.1, 0.15) is 41.3 Å². The summed E-state index contributed by atoms with van der Waals surface area (Å²) < 4.78 is 30.9. The largest absolute Gasteiger partial charge is 0.306 e. The molecule has 0 saturated carbocycles. The summed E-state index contributed by atoms with van der Waals surface area (Å²) in [7, 11) is 0. The van der Waals surface area contributed by atoms with Crippen LogP contribution in [-0.4, -0.2) is 19.6 Å². The zero-order valence-corrected chi connectivity index (χ0v) is 17.2. The van der Waals surface area contributed by atoms with Crippen LogP contribution in [-0.2, 0) is 13.0 Å². The third-order valence-electron chi connectivity index (χ3n) is 5.91. The van der Waals surface area contributed by atoms with Gasteiger partial charge in [-0.05, 0) is 67.6 Å². The molecule has 2 heterocycles. The van der Waals surface area contributed by atoms with Gasteiger partial charge in [-0.1, -0.05) is 6.07 Å². The van der Waals surface area contributed by atoms with Crippen molar-refractivity contribution in [3.63, 3.8) is 0 Å². The fourth-order valence-electron chi connectivity index (χ4n) is 4.33. The number of rotatable bonds is 5. The van der Waals surface area contributed by atoms with Gasteiger partial charge in [0.15, 0.2) is 0 Å². The summed E-state index contributed by atoms with van der Waals surface area (Å²) in [5.41, 5.74) is 5.99. The molecule has 0 saturated heterocycles. The SMILES string of the molecule is Cc1cc(-n2cccn2)ccc1CNC1CCCc2c1cnn2-c1cc(F)cc(F)c1. The molecule has 4 aromatic rings. The van der Waals surface area contributed by atoms with Gasteiger partial charge in [0.2, 0.25) is 0 Å². The number of hydrogen-bond donors (Lipinski definition) is 1. The number of nitrogens with one attached hydrogen (secondary N) is 1. The van der Waals surface area contributed by atoms with E-state index in [0.29, 0.717) is 5.69 Å². The number of aromatic nitrogens is 4. The minimum absolute atomic E-state index is 0.154. The summed E-state index contributed by atoms with van der Waals surface area (Å²) >= 11 is 0. The zero-order valence-electron chi connectivity index (χ0n) is 17.2. The maximum Gasteiger partial charge on any atom is 0.128 e. The fourth-order valence-corrected chi connectivity index (χ4v) is 4.33. The van der Waals surface area contributed by atoms with Crippen molar-refractivity contribution < 1.29 is 8.78 Å². The molecule has 2 aromatic carbocycles. The van der Waals surface area contributed by atoms with E-state index in [1.54, 1.807) is 10.9 Å². The number of fused-ring (bicyclic) bond motifs is 1. The molecule has 1 aliphatic carbocycles. The Morgan fingerprint density at radius 3 is 2.65 bits per heavy atom. The number of halogens is 2. The van der Waals surface area contributed by atoms with Crippen molar-refractivity contribution >= 4 is 0 Å². The lowest BCUT2D eigenvalue weighted by Gasteiger charge is -2.25. The maximum absolute atomic E-state index is 13.7. The minimum atomic E-state index is -0.598. The quantitative estimate of drug-likeness (QED) is 0.505. The Bertz CT molecular complexity index is 1190. The van der Waals surface area contributed by atoms with Crippen LogP contribution >= 0.6 is 0 Å². The summed E-state index contributed by atoms with van der Waals surface area (Å²) in [6.45, 7) is 2.84. The highest BCUT2D eigenvalue weighted by Crippen LogP contribution is 2.32. The Hall–Kier alpha value is -3.32. The Morgan fingerprint density at radius 1 is 1.06 bits per heavy atom. The van der Waals surface area contributed by atoms with E-state index in [2.05, 4.69) is 40.6 Å². The molecule has 7 heteroatoms. The molecular weight excluding hydrogens is 396 g/mol. The highest BCUT2D eigenvalue weighted by Gasteiger charge is 2.25. The van der Waals surface area contributed by atoms with E-state index in [1.165, 1.54) is 23.3 Å². The molecule has 158 valence electrons. The van der Waals surface area contributed by atoms with E-state index in [-0.39, 0.29) is 6.04 Å². The van der Waals surface area contributed by atoms with Crippen molar-refractivity contribution in [1.29, 1.82) is 0 Å². The number of benzene rings is 2. The standard InChI is InChI=1S/C24H23F2N5/c1-16-10-20(30-9-3-8-28-30)7-6-17(16)14-27-23-4-2-5-24-22(23)15-29-31(24)21-12-18(25)11-19(26)13-21/h3,6-13,15,23,27H,2,4-5,14H2,1H3. The van der Waals surface area contributed by atoms with Crippen molar-refractivity contribution in [3.05, 3.63) is 95.1 Å². The summed E-state index contributed by atoms with van der Waals surface area (Å²) in [4.78, 5) is 0. The molecular formula is C24H23F2N5. The maximum atomic E-state index is 13.7. The number of nitrogens with zero attached hydrogens (tertiary/aromatic N) is 4. The molecule has 1 unspecified atom stereocenters. The van der Waals surface area contributed by atoms with Gasteiger partial charge in [0, 0.05) is 42.3 Å². The van der Waals surface area contributed by atoms with Crippen molar-refractivity contribution in [2.24, 2.45) is 0 Å². The van der Waals surface area contributed by atoms with E-state index < -0.39 is 11.6 Å². The van der Waals surface area contributed by atoms with Crippen LogP contribution in [0.3, 0.4) is 0 Å². The normalized spacial score (nSPS) is 15.8.